The minimum Gasteiger partial charge on any atom is -0.462 e. The van der Waals surface area contributed by atoms with Crippen molar-refractivity contribution in [3.63, 3.8) is 0 Å². The second kappa shape index (κ2) is 10.1. The van der Waals surface area contributed by atoms with Crippen LogP contribution in [0.15, 0.2) is 11.3 Å². The first kappa shape index (κ1) is 18.3. The van der Waals surface area contributed by atoms with Gasteiger partial charge in [-0.25, -0.2) is 4.79 Å². The summed E-state index contributed by atoms with van der Waals surface area (Å²) in [5.74, 6) is -0.348. The SMILES string of the molecule is CCCCCCOC(=O)C(C)=C[Si](OC)(OC)OC. The summed E-state index contributed by atoms with van der Waals surface area (Å²) < 4.78 is 20.9. The Labute approximate surface area is 117 Å². The molecule has 0 radical (unpaired) electrons. The van der Waals surface area contributed by atoms with E-state index >= 15 is 0 Å². The van der Waals surface area contributed by atoms with Crippen LogP contribution in [-0.2, 0) is 22.8 Å². The standard InChI is InChI=1S/C13H26O5Si/c1-6-7-8-9-10-18-13(14)12(2)11-19(15-3,16-4)17-5/h11H,6-10H2,1-5H3. The zero-order chi connectivity index (χ0) is 14.7. The number of rotatable bonds is 10. The molecule has 0 saturated carbocycles. The maximum Gasteiger partial charge on any atom is 0.529 e. The molecule has 0 spiro atoms. The van der Waals surface area contributed by atoms with Crippen molar-refractivity contribution in [2.24, 2.45) is 0 Å². The molecule has 0 amide bonds. The van der Waals surface area contributed by atoms with Crippen LogP contribution in [0.25, 0.3) is 0 Å². The molecule has 0 fully saturated rings. The lowest BCUT2D eigenvalue weighted by Gasteiger charge is -2.21. The van der Waals surface area contributed by atoms with E-state index in [0.29, 0.717) is 12.2 Å². The van der Waals surface area contributed by atoms with E-state index in [1.165, 1.54) is 27.8 Å². The Bertz CT molecular complexity index is 278. The molecule has 0 atom stereocenters. The fraction of sp³-hybridized carbons (Fsp3) is 0.769. The first-order valence-corrected chi connectivity index (χ1v) is 8.37. The molecule has 0 aromatic carbocycles. The van der Waals surface area contributed by atoms with Crippen LogP contribution in [0, 0.1) is 0 Å². The van der Waals surface area contributed by atoms with E-state index in [1.807, 2.05) is 0 Å². The lowest BCUT2D eigenvalue weighted by molar-refractivity contribution is -0.139. The van der Waals surface area contributed by atoms with Crippen molar-refractivity contribution >= 4 is 14.8 Å². The summed E-state index contributed by atoms with van der Waals surface area (Å²) in [4.78, 5) is 11.8. The average molecular weight is 290 g/mol. The monoisotopic (exact) mass is 290 g/mol. The Hall–Kier alpha value is -0.693. The molecule has 0 N–H and O–H groups in total. The number of ether oxygens (including phenoxy) is 1. The predicted molar refractivity (Wildman–Crippen MR) is 75.6 cm³/mol. The molecule has 0 saturated heterocycles. The highest BCUT2D eigenvalue weighted by atomic mass is 28.4. The van der Waals surface area contributed by atoms with E-state index in [2.05, 4.69) is 6.92 Å². The van der Waals surface area contributed by atoms with Crippen LogP contribution in [0.1, 0.15) is 39.5 Å². The zero-order valence-electron chi connectivity index (χ0n) is 12.7. The predicted octanol–water partition coefficient (Wildman–Crippen LogP) is 2.47. The van der Waals surface area contributed by atoms with Crippen molar-refractivity contribution < 1.29 is 22.8 Å². The summed E-state index contributed by atoms with van der Waals surface area (Å²) in [6.07, 6.45) is 4.31. The summed E-state index contributed by atoms with van der Waals surface area (Å²) in [6, 6.07) is 0. The molecule has 0 aliphatic rings. The van der Waals surface area contributed by atoms with Gasteiger partial charge in [0.25, 0.3) is 0 Å². The Balaban J connectivity index is 4.30. The lowest BCUT2D eigenvalue weighted by Crippen LogP contribution is -2.41. The van der Waals surface area contributed by atoms with Crippen LogP contribution >= 0.6 is 0 Å². The van der Waals surface area contributed by atoms with Gasteiger partial charge in [-0.1, -0.05) is 26.2 Å². The lowest BCUT2D eigenvalue weighted by atomic mass is 10.2. The number of hydrogen-bond acceptors (Lipinski definition) is 5. The highest BCUT2D eigenvalue weighted by Crippen LogP contribution is 2.12. The van der Waals surface area contributed by atoms with Crippen molar-refractivity contribution in [3.05, 3.63) is 11.3 Å². The van der Waals surface area contributed by atoms with Gasteiger partial charge in [-0.15, -0.1) is 0 Å². The van der Waals surface area contributed by atoms with Gasteiger partial charge in [0.15, 0.2) is 0 Å². The third-order valence-electron chi connectivity index (χ3n) is 2.80. The Kier molecular flexibility index (Phi) is 9.77. The first-order valence-electron chi connectivity index (χ1n) is 6.57. The van der Waals surface area contributed by atoms with Crippen molar-refractivity contribution in [2.75, 3.05) is 27.9 Å². The third kappa shape index (κ3) is 6.86. The van der Waals surface area contributed by atoms with Crippen molar-refractivity contribution in [3.8, 4) is 0 Å². The molecule has 19 heavy (non-hydrogen) atoms. The molecule has 5 nitrogen and oxygen atoms in total. The van der Waals surface area contributed by atoms with E-state index in [-0.39, 0.29) is 5.97 Å². The molecular weight excluding hydrogens is 264 g/mol. The van der Waals surface area contributed by atoms with Gasteiger partial charge < -0.3 is 18.0 Å². The van der Waals surface area contributed by atoms with Gasteiger partial charge in [0.2, 0.25) is 0 Å². The molecule has 0 rings (SSSR count). The van der Waals surface area contributed by atoms with Gasteiger partial charge >= 0.3 is 14.8 Å². The van der Waals surface area contributed by atoms with Crippen molar-refractivity contribution in [1.29, 1.82) is 0 Å². The number of esters is 1. The molecule has 0 heterocycles. The van der Waals surface area contributed by atoms with Gasteiger partial charge in [0.05, 0.1) is 6.61 Å². The molecular formula is C13H26O5Si. The summed E-state index contributed by atoms with van der Waals surface area (Å²) in [6.45, 7) is 4.27. The minimum absolute atomic E-state index is 0.348. The minimum atomic E-state index is -2.87. The summed E-state index contributed by atoms with van der Waals surface area (Å²) in [5, 5.41) is 0. The van der Waals surface area contributed by atoms with Crippen molar-refractivity contribution in [2.45, 2.75) is 39.5 Å². The van der Waals surface area contributed by atoms with Gasteiger partial charge in [0.1, 0.15) is 0 Å². The number of hydrogen-bond donors (Lipinski definition) is 0. The molecule has 0 bridgehead atoms. The topological polar surface area (TPSA) is 54.0 Å². The Morgan fingerprint density at radius 3 is 2.11 bits per heavy atom. The van der Waals surface area contributed by atoms with E-state index in [0.717, 1.165) is 19.3 Å². The Morgan fingerprint density at radius 1 is 1.05 bits per heavy atom. The summed E-state index contributed by atoms with van der Waals surface area (Å²) >= 11 is 0. The fourth-order valence-electron chi connectivity index (χ4n) is 1.56. The van der Waals surface area contributed by atoms with Gasteiger partial charge in [0, 0.05) is 26.9 Å². The maximum atomic E-state index is 11.8. The average Bonchev–Trinajstić information content (AvgIpc) is 2.44. The van der Waals surface area contributed by atoms with Crippen LogP contribution in [0.2, 0.25) is 0 Å². The zero-order valence-corrected chi connectivity index (χ0v) is 13.7. The van der Waals surface area contributed by atoms with E-state index < -0.39 is 8.80 Å². The quantitative estimate of drug-likeness (QED) is 0.268. The van der Waals surface area contributed by atoms with Crippen LogP contribution in [-0.4, -0.2) is 42.7 Å². The third-order valence-corrected chi connectivity index (χ3v) is 5.29. The second-order valence-electron chi connectivity index (χ2n) is 4.24. The van der Waals surface area contributed by atoms with Crippen molar-refractivity contribution in [1.82, 2.24) is 0 Å². The van der Waals surface area contributed by atoms with Crippen LogP contribution in [0.5, 0.6) is 0 Å². The molecule has 0 aliphatic carbocycles. The summed E-state index contributed by atoms with van der Waals surface area (Å²) in [7, 11) is 1.63. The highest BCUT2D eigenvalue weighted by Gasteiger charge is 2.36. The van der Waals surface area contributed by atoms with E-state index in [4.69, 9.17) is 18.0 Å². The van der Waals surface area contributed by atoms with Crippen LogP contribution in [0.3, 0.4) is 0 Å². The molecule has 112 valence electrons. The van der Waals surface area contributed by atoms with Gasteiger partial charge in [-0.05, 0) is 19.0 Å². The normalized spacial score (nSPS) is 12.6. The first-order chi connectivity index (χ1) is 9.05. The molecule has 0 unspecified atom stereocenters. The van der Waals surface area contributed by atoms with Crippen LogP contribution < -0.4 is 0 Å². The molecule has 0 aliphatic heterocycles. The Morgan fingerprint density at radius 2 is 1.63 bits per heavy atom. The smallest absolute Gasteiger partial charge is 0.462 e. The second-order valence-corrected chi connectivity index (χ2v) is 6.96. The molecule has 6 heteroatoms. The van der Waals surface area contributed by atoms with Gasteiger partial charge in [-0.2, -0.15) is 0 Å². The highest BCUT2D eigenvalue weighted by molar-refractivity contribution is 6.66. The van der Waals surface area contributed by atoms with E-state index in [1.54, 1.807) is 12.6 Å². The summed E-state index contributed by atoms with van der Waals surface area (Å²) in [5.41, 5.74) is 2.05. The number of carbonyl (C=O) groups is 1. The largest absolute Gasteiger partial charge is 0.529 e. The van der Waals surface area contributed by atoms with Gasteiger partial charge in [-0.3, -0.25) is 0 Å². The molecule has 0 aromatic rings. The van der Waals surface area contributed by atoms with E-state index in [9.17, 15) is 4.79 Å². The maximum absolute atomic E-state index is 11.8. The fourth-order valence-corrected chi connectivity index (χ4v) is 3.06. The number of carbonyl (C=O) groups excluding carboxylic acids is 1. The number of unbranched alkanes of at least 4 members (excludes halogenated alkanes) is 3. The van der Waals surface area contributed by atoms with Crippen LogP contribution in [0.4, 0.5) is 0 Å². The molecule has 0 aromatic heterocycles.